The quantitative estimate of drug-likeness (QED) is 0.571. The van der Waals surface area contributed by atoms with E-state index >= 15 is 0 Å². The van der Waals surface area contributed by atoms with E-state index < -0.39 is 5.97 Å². The van der Waals surface area contributed by atoms with E-state index in [1.54, 1.807) is 22.8 Å². The van der Waals surface area contributed by atoms with E-state index in [4.69, 9.17) is 9.47 Å². The normalized spacial score (nSPS) is 15.1. The van der Waals surface area contributed by atoms with E-state index in [1.807, 2.05) is 42.5 Å². The summed E-state index contributed by atoms with van der Waals surface area (Å²) in [6.07, 6.45) is 4.54. The maximum absolute atomic E-state index is 12.8. The lowest BCUT2D eigenvalue weighted by molar-refractivity contribution is -0.135. The summed E-state index contributed by atoms with van der Waals surface area (Å²) >= 11 is 0. The van der Waals surface area contributed by atoms with Crippen LogP contribution in [0.4, 0.5) is 0 Å². The van der Waals surface area contributed by atoms with Gasteiger partial charge in [-0.25, -0.2) is 9.48 Å². The predicted octanol–water partition coefficient (Wildman–Crippen LogP) is 3.57. The monoisotopic (exact) mass is 419 g/mol. The van der Waals surface area contributed by atoms with Crippen molar-refractivity contribution in [3.8, 4) is 11.4 Å². The first-order valence-corrected chi connectivity index (χ1v) is 10.3. The highest BCUT2D eigenvalue weighted by atomic mass is 16.5. The first kappa shape index (κ1) is 20.7. The number of fused-ring (bicyclic) bond motifs is 1. The summed E-state index contributed by atoms with van der Waals surface area (Å²) in [6.45, 7) is -0.352. The van der Waals surface area contributed by atoms with Crippen molar-refractivity contribution in [2.24, 2.45) is 0 Å². The van der Waals surface area contributed by atoms with Gasteiger partial charge in [0.1, 0.15) is 0 Å². The second-order valence-corrected chi connectivity index (χ2v) is 7.51. The predicted molar refractivity (Wildman–Crippen MR) is 115 cm³/mol. The van der Waals surface area contributed by atoms with Gasteiger partial charge in [0.2, 0.25) is 5.69 Å². The first-order valence-electron chi connectivity index (χ1n) is 10.3. The third-order valence-electron chi connectivity index (χ3n) is 5.64. The molecule has 1 aromatic heterocycles. The van der Waals surface area contributed by atoms with Crippen molar-refractivity contribution in [2.75, 3.05) is 20.8 Å². The van der Waals surface area contributed by atoms with Gasteiger partial charge in [0.15, 0.2) is 12.4 Å². The standard InChI is InChI=1S/C24H25N3O4/c1-26(20-14-8-10-17-9-6-7-13-19(17)20)22(28)16-31-24(29)23-21(30-2)15-27(25-23)18-11-4-3-5-12-18/h3-7,9,11-13,15,20H,8,10,14,16H2,1-2H3/t20-/m0/s1. The van der Waals surface area contributed by atoms with Gasteiger partial charge in [0.05, 0.1) is 25.0 Å². The van der Waals surface area contributed by atoms with Crippen molar-refractivity contribution in [1.82, 2.24) is 14.7 Å². The molecule has 1 heterocycles. The number of hydrogen-bond donors (Lipinski definition) is 0. The van der Waals surface area contributed by atoms with Crippen LogP contribution in [0.5, 0.6) is 5.75 Å². The van der Waals surface area contributed by atoms with Gasteiger partial charge in [-0.15, -0.1) is 0 Å². The second kappa shape index (κ2) is 9.04. The number of carbonyl (C=O) groups is 2. The molecular formula is C24H25N3O4. The van der Waals surface area contributed by atoms with Gasteiger partial charge in [-0.1, -0.05) is 42.5 Å². The number of nitrogens with zero attached hydrogens (tertiary/aromatic N) is 3. The summed E-state index contributed by atoms with van der Waals surface area (Å²) in [5.74, 6) is -0.662. The lowest BCUT2D eigenvalue weighted by Gasteiger charge is -2.33. The molecule has 0 N–H and O–H groups in total. The third-order valence-corrected chi connectivity index (χ3v) is 5.64. The lowest BCUT2D eigenvalue weighted by atomic mass is 9.87. The number of esters is 1. The van der Waals surface area contributed by atoms with E-state index in [0.29, 0.717) is 0 Å². The van der Waals surface area contributed by atoms with Gasteiger partial charge in [-0.2, -0.15) is 5.10 Å². The van der Waals surface area contributed by atoms with E-state index in [2.05, 4.69) is 17.2 Å². The van der Waals surface area contributed by atoms with Crippen LogP contribution in [0.2, 0.25) is 0 Å². The molecule has 3 aromatic rings. The Bertz CT molecular complexity index is 1080. The fraction of sp³-hybridized carbons (Fsp3) is 0.292. The summed E-state index contributed by atoms with van der Waals surface area (Å²) in [5, 5.41) is 4.29. The number of para-hydroxylation sites is 1. The van der Waals surface area contributed by atoms with E-state index in [0.717, 1.165) is 24.9 Å². The maximum Gasteiger partial charge on any atom is 0.363 e. The molecule has 1 aliphatic carbocycles. The second-order valence-electron chi connectivity index (χ2n) is 7.51. The number of likely N-dealkylation sites (N-methyl/N-ethyl adjacent to an activating group) is 1. The minimum absolute atomic E-state index is 0.0111. The molecule has 0 aliphatic heterocycles. The van der Waals surface area contributed by atoms with Gasteiger partial charge >= 0.3 is 5.97 Å². The van der Waals surface area contributed by atoms with Gasteiger partial charge in [0, 0.05) is 7.05 Å². The summed E-state index contributed by atoms with van der Waals surface area (Å²) in [6, 6.07) is 17.5. The van der Waals surface area contributed by atoms with Crippen LogP contribution < -0.4 is 4.74 Å². The fourth-order valence-corrected chi connectivity index (χ4v) is 3.96. The number of aryl methyl sites for hydroxylation is 1. The fourth-order valence-electron chi connectivity index (χ4n) is 3.96. The molecule has 2 aromatic carbocycles. The summed E-state index contributed by atoms with van der Waals surface area (Å²) < 4.78 is 12.1. The Morgan fingerprint density at radius 1 is 1.13 bits per heavy atom. The summed E-state index contributed by atoms with van der Waals surface area (Å²) in [4.78, 5) is 27.1. The number of aromatic nitrogens is 2. The number of benzene rings is 2. The van der Waals surface area contributed by atoms with Crippen molar-refractivity contribution >= 4 is 11.9 Å². The topological polar surface area (TPSA) is 73.7 Å². The zero-order chi connectivity index (χ0) is 21.8. The average Bonchev–Trinajstić information content (AvgIpc) is 3.27. The number of amides is 1. The molecule has 7 nitrogen and oxygen atoms in total. The van der Waals surface area contributed by atoms with Crippen molar-refractivity contribution in [3.63, 3.8) is 0 Å². The van der Waals surface area contributed by atoms with Gasteiger partial charge < -0.3 is 14.4 Å². The molecular weight excluding hydrogens is 394 g/mol. The number of carbonyl (C=O) groups excluding carboxylic acids is 2. The molecule has 0 unspecified atom stereocenters. The zero-order valence-corrected chi connectivity index (χ0v) is 17.7. The summed E-state index contributed by atoms with van der Waals surface area (Å²) in [5.41, 5.74) is 3.25. The van der Waals surface area contributed by atoms with Crippen LogP contribution in [0.3, 0.4) is 0 Å². The molecule has 1 amide bonds. The number of hydrogen-bond acceptors (Lipinski definition) is 5. The smallest absolute Gasteiger partial charge is 0.363 e. The molecule has 1 atom stereocenters. The highest BCUT2D eigenvalue weighted by Crippen LogP contribution is 2.33. The average molecular weight is 419 g/mol. The van der Waals surface area contributed by atoms with Crippen molar-refractivity contribution in [2.45, 2.75) is 25.3 Å². The number of rotatable bonds is 6. The molecule has 160 valence electrons. The Hall–Kier alpha value is -3.61. The van der Waals surface area contributed by atoms with Crippen LogP contribution in [0.1, 0.15) is 40.5 Å². The molecule has 0 radical (unpaired) electrons. The van der Waals surface area contributed by atoms with Crippen LogP contribution in [0.25, 0.3) is 5.69 Å². The number of methoxy groups -OCH3 is 1. The van der Waals surface area contributed by atoms with E-state index in [9.17, 15) is 9.59 Å². The lowest BCUT2D eigenvalue weighted by Crippen LogP contribution is -2.36. The first-order chi connectivity index (χ1) is 15.1. The third kappa shape index (κ3) is 4.30. The molecule has 0 saturated carbocycles. The van der Waals surface area contributed by atoms with Crippen molar-refractivity contribution in [3.05, 3.63) is 77.6 Å². The molecule has 1 aliphatic rings. The van der Waals surface area contributed by atoms with Crippen LogP contribution in [0.15, 0.2) is 60.8 Å². The Balaban J connectivity index is 1.43. The van der Waals surface area contributed by atoms with E-state index in [1.165, 1.54) is 18.2 Å². The minimum Gasteiger partial charge on any atom is -0.493 e. The van der Waals surface area contributed by atoms with Gasteiger partial charge in [-0.05, 0) is 42.5 Å². The van der Waals surface area contributed by atoms with Gasteiger partial charge in [-0.3, -0.25) is 4.79 Å². The molecule has 0 saturated heterocycles. The van der Waals surface area contributed by atoms with Crippen LogP contribution in [-0.2, 0) is 16.0 Å². The Morgan fingerprint density at radius 2 is 1.87 bits per heavy atom. The Kier molecular flexibility index (Phi) is 6.02. The van der Waals surface area contributed by atoms with Crippen molar-refractivity contribution < 1.29 is 19.1 Å². The van der Waals surface area contributed by atoms with Crippen LogP contribution in [-0.4, -0.2) is 47.3 Å². The molecule has 0 bridgehead atoms. The molecule has 4 rings (SSSR count). The Labute approximate surface area is 181 Å². The molecule has 0 spiro atoms. The van der Waals surface area contributed by atoms with E-state index in [-0.39, 0.29) is 30.0 Å². The highest BCUT2D eigenvalue weighted by molar-refractivity contribution is 5.92. The summed E-state index contributed by atoms with van der Waals surface area (Å²) in [7, 11) is 3.22. The van der Waals surface area contributed by atoms with Gasteiger partial charge in [0.25, 0.3) is 5.91 Å². The van der Waals surface area contributed by atoms with Crippen LogP contribution >= 0.6 is 0 Å². The molecule has 7 heteroatoms. The largest absolute Gasteiger partial charge is 0.493 e. The van der Waals surface area contributed by atoms with Crippen molar-refractivity contribution in [1.29, 1.82) is 0 Å². The SMILES string of the molecule is COc1cn(-c2ccccc2)nc1C(=O)OCC(=O)N(C)[C@H]1CCCc2ccccc21. The Morgan fingerprint density at radius 3 is 2.65 bits per heavy atom. The molecule has 0 fully saturated rings. The van der Waals surface area contributed by atoms with Crippen LogP contribution in [0, 0.1) is 0 Å². The number of ether oxygens (including phenoxy) is 2. The highest BCUT2D eigenvalue weighted by Gasteiger charge is 2.28. The maximum atomic E-state index is 12.8. The zero-order valence-electron chi connectivity index (χ0n) is 17.7. The molecule has 31 heavy (non-hydrogen) atoms. The minimum atomic E-state index is -0.697.